The molecule has 4 nitrogen and oxygen atoms in total. The maximum Gasteiger partial charge on any atom is 0.198 e. The number of hydrogen-bond donors (Lipinski definition) is 1. The minimum atomic E-state index is -0.258. The first-order valence-electron chi connectivity index (χ1n) is 6.19. The van der Waals surface area contributed by atoms with Crippen LogP contribution in [0.3, 0.4) is 0 Å². The van der Waals surface area contributed by atoms with Crippen LogP contribution in [0.25, 0.3) is 0 Å². The molecule has 0 aromatic carbocycles. The van der Waals surface area contributed by atoms with E-state index >= 15 is 0 Å². The summed E-state index contributed by atoms with van der Waals surface area (Å²) in [5, 5.41) is 11.6. The van der Waals surface area contributed by atoms with Gasteiger partial charge in [-0.05, 0) is 6.92 Å². The molecule has 3 rings (SSSR count). The van der Waals surface area contributed by atoms with Crippen molar-refractivity contribution in [2.75, 3.05) is 7.11 Å². The highest BCUT2D eigenvalue weighted by atomic mass is 35.5. The second-order valence-electron chi connectivity index (χ2n) is 4.64. The lowest BCUT2D eigenvalue weighted by Crippen LogP contribution is -2.18. The van der Waals surface area contributed by atoms with Crippen molar-refractivity contribution in [3.05, 3.63) is 50.7 Å². The summed E-state index contributed by atoms with van der Waals surface area (Å²) >= 11 is 7.33. The van der Waals surface area contributed by atoms with Crippen LogP contribution in [0.1, 0.15) is 23.7 Å². The average Bonchev–Trinajstić information content (AvgIpc) is 3.01. The lowest BCUT2D eigenvalue weighted by Gasteiger charge is -2.19. The molecule has 107 valence electrons. The average molecular weight is 321 g/mol. The van der Waals surface area contributed by atoms with E-state index in [1.54, 1.807) is 5.38 Å². The third kappa shape index (κ3) is 2.32. The van der Waals surface area contributed by atoms with E-state index in [9.17, 15) is 9.90 Å². The molecule has 1 N–H and O–H groups in total. The van der Waals surface area contributed by atoms with Crippen molar-refractivity contribution >= 4 is 34.4 Å². The summed E-state index contributed by atoms with van der Waals surface area (Å²) < 4.78 is 5.31. The van der Waals surface area contributed by atoms with Crippen molar-refractivity contribution in [1.29, 1.82) is 0 Å². The quantitative estimate of drug-likeness (QED) is 0.866. The fourth-order valence-corrected chi connectivity index (χ4v) is 3.28. The smallest absolute Gasteiger partial charge is 0.198 e. The zero-order valence-corrected chi connectivity index (χ0v) is 12.9. The van der Waals surface area contributed by atoms with Crippen LogP contribution in [0.4, 0.5) is 0 Å². The number of carbonyl (C=O) groups is 1. The third-order valence-electron chi connectivity index (χ3n) is 3.22. The zero-order chi connectivity index (χ0) is 15.1. The van der Waals surface area contributed by atoms with Crippen molar-refractivity contribution in [3.8, 4) is 5.06 Å². The SMILES string of the molecule is COC1=C(Cl)CC2=NC(C)=[C]C2=C1C(=O)c1csc(O)c1. The van der Waals surface area contributed by atoms with Crippen molar-refractivity contribution < 1.29 is 14.6 Å². The fraction of sp³-hybridized carbons (Fsp3) is 0.200. The van der Waals surface area contributed by atoms with Crippen LogP contribution < -0.4 is 0 Å². The number of thiophene rings is 1. The Morgan fingerprint density at radius 2 is 2.33 bits per heavy atom. The molecule has 2 aliphatic rings. The molecule has 0 saturated carbocycles. The molecule has 6 heteroatoms. The number of ether oxygens (including phenoxy) is 1. The minimum Gasteiger partial charge on any atom is -0.499 e. The van der Waals surface area contributed by atoms with E-state index in [-0.39, 0.29) is 10.8 Å². The summed E-state index contributed by atoms with van der Waals surface area (Å²) in [4.78, 5) is 17.1. The summed E-state index contributed by atoms with van der Waals surface area (Å²) in [6.07, 6.45) is 3.51. The highest BCUT2D eigenvalue weighted by molar-refractivity contribution is 7.12. The topological polar surface area (TPSA) is 58.9 Å². The molecule has 1 aromatic rings. The molecular weight excluding hydrogens is 310 g/mol. The van der Waals surface area contributed by atoms with Gasteiger partial charge in [0, 0.05) is 40.8 Å². The van der Waals surface area contributed by atoms with Gasteiger partial charge in [-0.15, -0.1) is 11.3 Å². The van der Waals surface area contributed by atoms with Crippen molar-refractivity contribution in [3.63, 3.8) is 0 Å². The minimum absolute atomic E-state index is 0.0878. The van der Waals surface area contributed by atoms with E-state index in [4.69, 9.17) is 16.3 Å². The highest BCUT2D eigenvalue weighted by Crippen LogP contribution is 2.37. The van der Waals surface area contributed by atoms with Crippen LogP contribution in [-0.2, 0) is 4.74 Å². The monoisotopic (exact) mass is 320 g/mol. The van der Waals surface area contributed by atoms with Crippen LogP contribution in [0.2, 0.25) is 0 Å². The number of nitrogens with zero attached hydrogens (tertiary/aromatic N) is 1. The molecule has 0 saturated heterocycles. The van der Waals surface area contributed by atoms with Gasteiger partial charge in [0.15, 0.2) is 10.8 Å². The third-order valence-corrected chi connectivity index (χ3v) is 4.26. The van der Waals surface area contributed by atoms with E-state index < -0.39 is 0 Å². The maximum absolute atomic E-state index is 12.7. The van der Waals surface area contributed by atoms with E-state index in [2.05, 4.69) is 11.1 Å². The summed E-state index contributed by atoms with van der Waals surface area (Å²) in [7, 11) is 1.48. The Labute approximate surface area is 130 Å². The molecular formula is C15H11ClNO3S. The van der Waals surface area contributed by atoms with E-state index in [1.807, 2.05) is 6.92 Å². The standard InChI is InChI=1S/C15H11ClNO3S/c1-7-3-9-11(17-7)5-10(16)15(20-2)13(9)14(19)8-4-12(18)21-6-8/h4,6,18H,5H2,1-2H3. The lowest BCUT2D eigenvalue weighted by atomic mass is 9.90. The molecule has 0 unspecified atom stereocenters. The fourth-order valence-electron chi connectivity index (χ4n) is 2.37. The molecule has 1 aromatic heterocycles. The Balaban J connectivity index is 2.17. The number of Topliss-reactive ketones (excluding diaryl/α,β-unsaturated/α-hetero) is 1. The normalized spacial score (nSPS) is 17.7. The van der Waals surface area contributed by atoms with E-state index in [0.29, 0.717) is 39.6 Å². The largest absolute Gasteiger partial charge is 0.499 e. The molecule has 1 aliphatic heterocycles. The molecule has 1 aliphatic carbocycles. The van der Waals surface area contributed by atoms with Crippen LogP contribution in [0.5, 0.6) is 5.06 Å². The Morgan fingerprint density at radius 3 is 2.95 bits per heavy atom. The highest BCUT2D eigenvalue weighted by Gasteiger charge is 2.33. The van der Waals surface area contributed by atoms with Crippen molar-refractivity contribution in [1.82, 2.24) is 0 Å². The predicted octanol–water partition coefficient (Wildman–Crippen LogP) is 3.60. The number of halogens is 1. The summed E-state index contributed by atoms with van der Waals surface area (Å²) in [5.41, 5.74) is 2.81. The lowest BCUT2D eigenvalue weighted by molar-refractivity contribution is 0.102. The molecule has 0 spiro atoms. The van der Waals surface area contributed by atoms with Gasteiger partial charge in [-0.1, -0.05) is 11.6 Å². The van der Waals surface area contributed by atoms with Gasteiger partial charge in [-0.25, -0.2) is 0 Å². The van der Waals surface area contributed by atoms with Crippen LogP contribution in [-0.4, -0.2) is 23.7 Å². The van der Waals surface area contributed by atoms with Gasteiger partial charge >= 0.3 is 0 Å². The molecule has 0 amide bonds. The Kier molecular flexibility index (Phi) is 3.47. The van der Waals surface area contributed by atoms with E-state index in [1.165, 1.54) is 13.2 Å². The van der Waals surface area contributed by atoms with Crippen molar-refractivity contribution in [2.45, 2.75) is 13.3 Å². The van der Waals surface area contributed by atoms with Crippen LogP contribution in [0.15, 0.2) is 44.1 Å². The Hall–Kier alpha value is -1.85. The van der Waals surface area contributed by atoms with Gasteiger partial charge < -0.3 is 9.84 Å². The molecule has 0 atom stereocenters. The number of rotatable bonds is 3. The molecule has 1 radical (unpaired) electrons. The van der Waals surface area contributed by atoms with Crippen LogP contribution in [0, 0.1) is 6.08 Å². The second kappa shape index (κ2) is 5.16. The Morgan fingerprint density at radius 1 is 1.57 bits per heavy atom. The van der Waals surface area contributed by atoms with Gasteiger partial charge in [-0.2, -0.15) is 0 Å². The number of carbonyl (C=O) groups excluding carboxylic acids is 1. The maximum atomic E-state index is 12.7. The number of methoxy groups -OCH3 is 1. The number of allylic oxidation sites excluding steroid dienone is 5. The van der Waals surface area contributed by atoms with Gasteiger partial charge in [0.25, 0.3) is 0 Å². The van der Waals surface area contributed by atoms with Gasteiger partial charge in [0.2, 0.25) is 0 Å². The number of aliphatic imine (C=N–C) groups is 1. The molecule has 0 fully saturated rings. The number of aromatic hydroxyl groups is 1. The molecule has 21 heavy (non-hydrogen) atoms. The molecule has 2 heterocycles. The first kappa shape index (κ1) is 14.1. The Bertz CT molecular complexity index is 768. The number of ketones is 1. The first-order chi connectivity index (χ1) is 10.0. The second-order valence-corrected chi connectivity index (χ2v) is 5.98. The van der Waals surface area contributed by atoms with Crippen molar-refractivity contribution in [2.24, 2.45) is 4.99 Å². The first-order valence-corrected chi connectivity index (χ1v) is 7.45. The summed E-state index contributed by atoms with van der Waals surface area (Å²) in [6.45, 7) is 1.82. The summed E-state index contributed by atoms with van der Waals surface area (Å²) in [6, 6.07) is 1.43. The molecule has 0 bridgehead atoms. The van der Waals surface area contributed by atoms with E-state index in [0.717, 1.165) is 17.0 Å². The van der Waals surface area contributed by atoms with Gasteiger partial charge in [-0.3, -0.25) is 9.79 Å². The van der Waals surface area contributed by atoms with Crippen LogP contribution >= 0.6 is 22.9 Å². The van der Waals surface area contributed by atoms with Gasteiger partial charge in [0.05, 0.1) is 23.4 Å². The van der Waals surface area contributed by atoms with Gasteiger partial charge in [0.1, 0.15) is 5.76 Å². The predicted molar refractivity (Wildman–Crippen MR) is 81.7 cm³/mol. The zero-order valence-electron chi connectivity index (χ0n) is 11.4. The number of fused-ring (bicyclic) bond motifs is 1. The number of hydrogen-bond acceptors (Lipinski definition) is 5. The summed E-state index contributed by atoms with van der Waals surface area (Å²) in [5.74, 6) is 0.0923.